The van der Waals surface area contributed by atoms with Crippen LogP contribution in [0.5, 0.6) is 17.2 Å². The van der Waals surface area contributed by atoms with Crippen LogP contribution in [-0.2, 0) is 6.42 Å². The lowest BCUT2D eigenvalue weighted by atomic mass is 10.0. The number of hydrogen-bond acceptors (Lipinski definition) is 7. The molecular weight excluding hydrogens is 540 g/mol. The van der Waals surface area contributed by atoms with Gasteiger partial charge >= 0.3 is 11.9 Å². The number of benzene rings is 3. The second kappa shape index (κ2) is 18.0. The van der Waals surface area contributed by atoms with Gasteiger partial charge in [-0.05, 0) is 73.4 Å². The van der Waals surface area contributed by atoms with Crippen molar-refractivity contribution in [2.24, 2.45) is 0 Å². The highest BCUT2D eigenvalue weighted by molar-refractivity contribution is 5.93. The molecule has 3 aromatic carbocycles. The Labute approximate surface area is 255 Å². The smallest absolute Gasteiger partial charge is 0.343 e. The minimum absolute atomic E-state index is 0.0285. The molecule has 0 atom stereocenters. The first kappa shape index (κ1) is 32.9. The van der Waals surface area contributed by atoms with Gasteiger partial charge in [-0.15, -0.1) is 0 Å². The highest BCUT2D eigenvalue weighted by Crippen LogP contribution is 2.30. The van der Waals surface area contributed by atoms with Gasteiger partial charge in [0, 0.05) is 0 Å². The summed E-state index contributed by atoms with van der Waals surface area (Å²) in [6.07, 6.45) is 12.4. The van der Waals surface area contributed by atoms with E-state index in [0.717, 1.165) is 38.5 Å². The first-order valence-corrected chi connectivity index (χ1v) is 15.2. The summed E-state index contributed by atoms with van der Waals surface area (Å²) in [5, 5.41) is 19.4. The molecule has 0 fully saturated rings. The van der Waals surface area contributed by atoms with Crippen LogP contribution < -0.4 is 14.2 Å². The SMILES string of the molecule is CCCCCCCOc1ccc(OC(=O)c2ccc(OC(=O)c3ccc(CCCCCCC)cc3)cc2)c(C#N)c1C#N. The number of esters is 2. The number of carbonyl (C=O) groups excluding carboxylic acids is 2. The van der Waals surface area contributed by atoms with E-state index in [4.69, 9.17) is 14.2 Å². The molecule has 0 saturated heterocycles. The maximum Gasteiger partial charge on any atom is 0.343 e. The standard InChI is InChI=1S/C36H40N2O5/c1-3-5-7-9-11-13-27-14-16-28(17-15-27)35(39)42-30-20-18-29(19-21-30)36(40)43-34-23-22-33(31(25-37)32(34)26-38)41-24-12-10-8-6-4-2/h14-23H,3-13,24H2,1-2H3. The lowest BCUT2D eigenvalue weighted by molar-refractivity contribution is 0.0730. The molecule has 0 N–H and O–H groups in total. The summed E-state index contributed by atoms with van der Waals surface area (Å²) in [5.74, 6) is -0.664. The van der Waals surface area contributed by atoms with Crippen LogP contribution in [-0.4, -0.2) is 18.5 Å². The average Bonchev–Trinajstić information content (AvgIpc) is 3.03. The second-order valence-corrected chi connectivity index (χ2v) is 10.5. The third-order valence-corrected chi connectivity index (χ3v) is 7.12. The summed E-state index contributed by atoms with van der Waals surface area (Å²) < 4.78 is 16.7. The van der Waals surface area contributed by atoms with E-state index >= 15 is 0 Å². The van der Waals surface area contributed by atoms with Crippen LogP contribution >= 0.6 is 0 Å². The quantitative estimate of drug-likeness (QED) is 0.0892. The van der Waals surface area contributed by atoms with E-state index in [9.17, 15) is 20.1 Å². The van der Waals surface area contributed by atoms with E-state index in [1.807, 2.05) is 24.3 Å². The maximum absolute atomic E-state index is 12.8. The van der Waals surface area contributed by atoms with E-state index in [2.05, 4.69) is 13.8 Å². The Morgan fingerprint density at radius 1 is 0.605 bits per heavy atom. The van der Waals surface area contributed by atoms with Gasteiger partial charge in [0.2, 0.25) is 0 Å². The molecule has 0 aromatic heterocycles. The second-order valence-electron chi connectivity index (χ2n) is 10.5. The van der Waals surface area contributed by atoms with Crippen molar-refractivity contribution < 1.29 is 23.8 Å². The number of nitrogens with zero attached hydrogens (tertiary/aromatic N) is 2. The van der Waals surface area contributed by atoms with Crippen molar-refractivity contribution in [3.63, 3.8) is 0 Å². The van der Waals surface area contributed by atoms with Gasteiger partial charge < -0.3 is 14.2 Å². The third kappa shape index (κ3) is 10.3. The van der Waals surface area contributed by atoms with Crippen molar-refractivity contribution in [1.82, 2.24) is 0 Å². The zero-order valence-electron chi connectivity index (χ0n) is 25.2. The van der Waals surface area contributed by atoms with Gasteiger partial charge in [-0.3, -0.25) is 0 Å². The predicted molar refractivity (Wildman–Crippen MR) is 165 cm³/mol. The minimum Gasteiger partial charge on any atom is -0.492 e. The lowest BCUT2D eigenvalue weighted by Gasteiger charge is -2.12. The number of unbranched alkanes of at least 4 members (excludes halogenated alkanes) is 8. The first-order chi connectivity index (χ1) is 21.0. The van der Waals surface area contributed by atoms with Gasteiger partial charge in [0.25, 0.3) is 0 Å². The van der Waals surface area contributed by atoms with E-state index in [-0.39, 0.29) is 33.9 Å². The Kier molecular flexibility index (Phi) is 13.8. The van der Waals surface area contributed by atoms with Crippen molar-refractivity contribution in [3.8, 4) is 29.4 Å². The lowest BCUT2D eigenvalue weighted by Crippen LogP contribution is -2.11. The summed E-state index contributed by atoms with van der Waals surface area (Å²) in [5.41, 5.74) is 1.80. The van der Waals surface area contributed by atoms with Crippen LogP contribution in [0.1, 0.15) is 115 Å². The molecule has 3 aromatic rings. The van der Waals surface area contributed by atoms with Crippen molar-refractivity contribution in [2.75, 3.05) is 6.61 Å². The molecule has 0 radical (unpaired) electrons. The van der Waals surface area contributed by atoms with Crippen molar-refractivity contribution in [2.45, 2.75) is 84.5 Å². The molecule has 0 aliphatic carbocycles. The van der Waals surface area contributed by atoms with Crippen LogP contribution in [0.15, 0.2) is 60.7 Å². The minimum atomic E-state index is -0.715. The normalized spacial score (nSPS) is 10.4. The molecule has 0 aliphatic heterocycles. The highest BCUT2D eigenvalue weighted by atomic mass is 16.5. The molecule has 0 spiro atoms. The number of aryl methyl sites for hydroxylation is 1. The Morgan fingerprint density at radius 3 is 1.72 bits per heavy atom. The molecule has 0 bridgehead atoms. The predicted octanol–water partition coefficient (Wildman–Crippen LogP) is 8.73. The van der Waals surface area contributed by atoms with E-state index in [1.165, 1.54) is 74.1 Å². The molecule has 224 valence electrons. The zero-order chi connectivity index (χ0) is 30.9. The summed E-state index contributed by atoms with van der Waals surface area (Å²) in [7, 11) is 0. The number of rotatable bonds is 17. The number of carbonyl (C=O) groups is 2. The van der Waals surface area contributed by atoms with Gasteiger partial charge in [0.1, 0.15) is 34.8 Å². The summed E-state index contributed by atoms with van der Waals surface area (Å²) in [6.45, 7) is 4.79. The molecule has 0 aliphatic rings. The molecule has 0 amide bonds. The number of nitriles is 2. The Bertz CT molecular complexity index is 1420. The summed E-state index contributed by atoms with van der Waals surface area (Å²) in [6, 6.07) is 20.3. The molecule has 0 unspecified atom stereocenters. The monoisotopic (exact) mass is 580 g/mol. The van der Waals surface area contributed by atoms with Crippen LogP contribution in [0, 0.1) is 22.7 Å². The van der Waals surface area contributed by atoms with Gasteiger partial charge in [-0.2, -0.15) is 10.5 Å². The highest BCUT2D eigenvalue weighted by Gasteiger charge is 2.19. The third-order valence-electron chi connectivity index (χ3n) is 7.12. The Balaban J connectivity index is 1.56. The summed E-state index contributed by atoms with van der Waals surface area (Å²) in [4.78, 5) is 25.4. The molecule has 7 heteroatoms. The van der Waals surface area contributed by atoms with Gasteiger partial charge in [0.15, 0.2) is 5.75 Å². The van der Waals surface area contributed by atoms with Crippen LogP contribution in [0.25, 0.3) is 0 Å². The van der Waals surface area contributed by atoms with Crippen molar-refractivity contribution in [1.29, 1.82) is 10.5 Å². The van der Waals surface area contributed by atoms with Crippen LogP contribution in [0.2, 0.25) is 0 Å². The van der Waals surface area contributed by atoms with E-state index < -0.39 is 11.9 Å². The fourth-order valence-corrected chi connectivity index (χ4v) is 4.60. The Hall–Kier alpha value is -4.62. The Morgan fingerprint density at radius 2 is 1.12 bits per heavy atom. The first-order valence-electron chi connectivity index (χ1n) is 15.2. The van der Waals surface area contributed by atoms with E-state index in [1.54, 1.807) is 12.1 Å². The fraction of sp³-hybridized carbons (Fsp3) is 0.389. The molecule has 43 heavy (non-hydrogen) atoms. The van der Waals surface area contributed by atoms with Gasteiger partial charge in [-0.1, -0.05) is 77.3 Å². The van der Waals surface area contributed by atoms with Gasteiger partial charge in [-0.25, -0.2) is 9.59 Å². The molecule has 0 heterocycles. The van der Waals surface area contributed by atoms with Crippen molar-refractivity contribution >= 4 is 11.9 Å². The van der Waals surface area contributed by atoms with Crippen molar-refractivity contribution in [3.05, 3.63) is 88.5 Å². The maximum atomic E-state index is 12.8. The number of ether oxygens (including phenoxy) is 3. The van der Waals surface area contributed by atoms with E-state index in [0.29, 0.717) is 12.2 Å². The molecule has 0 saturated carbocycles. The topological polar surface area (TPSA) is 109 Å². The zero-order valence-corrected chi connectivity index (χ0v) is 25.2. The molecular formula is C36H40N2O5. The molecule has 3 rings (SSSR count). The molecule has 7 nitrogen and oxygen atoms in total. The number of hydrogen-bond donors (Lipinski definition) is 0. The van der Waals surface area contributed by atoms with Crippen LogP contribution in [0.3, 0.4) is 0 Å². The van der Waals surface area contributed by atoms with Crippen LogP contribution in [0.4, 0.5) is 0 Å². The summed E-state index contributed by atoms with van der Waals surface area (Å²) >= 11 is 0. The fourth-order valence-electron chi connectivity index (χ4n) is 4.60. The van der Waals surface area contributed by atoms with Gasteiger partial charge in [0.05, 0.1) is 17.7 Å². The largest absolute Gasteiger partial charge is 0.492 e. The average molecular weight is 581 g/mol.